The first-order valence-electron chi connectivity index (χ1n) is 12.9. The van der Waals surface area contributed by atoms with E-state index in [1.54, 1.807) is 18.5 Å². The fourth-order valence-electron chi connectivity index (χ4n) is 6.41. The lowest BCUT2D eigenvalue weighted by Gasteiger charge is -2.52. The van der Waals surface area contributed by atoms with Gasteiger partial charge in [-0.3, -0.25) is 14.6 Å². The first kappa shape index (κ1) is 26.7. The zero-order valence-corrected chi connectivity index (χ0v) is 22.1. The summed E-state index contributed by atoms with van der Waals surface area (Å²) in [5.74, 6) is 0.121. The molecule has 4 fully saturated rings. The fraction of sp³-hybridized carbons (Fsp3) is 0.556. The molecule has 1 N–H and O–H groups in total. The lowest BCUT2D eigenvalue weighted by molar-refractivity contribution is -0.939. The number of amides is 1. The van der Waals surface area contributed by atoms with Crippen molar-refractivity contribution in [3.05, 3.63) is 54.2 Å². The molecule has 1 amide bonds. The number of carbonyl (C=O) groups is 2. The van der Waals surface area contributed by atoms with E-state index in [0.29, 0.717) is 42.1 Å². The smallest absolute Gasteiger partial charge is 0.317 e. The summed E-state index contributed by atoms with van der Waals surface area (Å²) in [7, 11) is 0. The van der Waals surface area contributed by atoms with Crippen LogP contribution >= 0.6 is 0 Å². The minimum atomic E-state index is -0.793. The molecule has 0 unspecified atom stereocenters. The van der Waals surface area contributed by atoms with Crippen molar-refractivity contribution >= 4 is 17.7 Å². The van der Waals surface area contributed by atoms with Gasteiger partial charge in [-0.05, 0) is 30.5 Å². The number of aromatic nitrogens is 2. The number of fused-ring (bicyclic) bond motifs is 3. The highest BCUT2D eigenvalue weighted by molar-refractivity contribution is 5.90. The van der Waals surface area contributed by atoms with Gasteiger partial charge >= 0.3 is 5.97 Å². The lowest BCUT2D eigenvalue weighted by atomic mass is 9.74. The molecule has 1 aromatic carbocycles. The number of anilines is 1. The van der Waals surface area contributed by atoms with Crippen molar-refractivity contribution in [2.24, 2.45) is 5.92 Å². The van der Waals surface area contributed by atoms with E-state index in [-0.39, 0.29) is 40.8 Å². The number of hydrogen-bond donors (Lipinski definition) is 1. The van der Waals surface area contributed by atoms with E-state index in [1.165, 1.54) is 18.3 Å². The van der Waals surface area contributed by atoms with Crippen LogP contribution in [0.1, 0.15) is 56.9 Å². The molecule has 1 aromatic heterocycles. The van der Waals surface area contributed by atoms with Crippen LogP contribution in [0.3, 0.4) is 0 Å². The molecule has 9 heteroatoms. The zero-order valence-electron chi connectivity index (χ0n) is 20.5. The largest absolute Gasteiger partial charge is 1.00 e. The molecule has 1 atom stereocenters. The summed E-state index contributed by atoms with van der Waals surface area (Å²) in [6.45, 7) is 2.78. The van der Waals surface area contributed by atoms with Crippen LogP contribution in [0, 0.1) is 11.7 Å². The molecule has 3 saturated heterocycles. The molecule has 4 aliphatic rings. The van der Waals surface area contributed by atoms with E-state index in [0.717, 1.165) is 57.2 Å². The first-order valence-corrected chi connectivity index (χ1v) is 12.9. The molecule has 2 aromatic rings. The van der Waals surface area contributed by atoms with Gasteiger partial charge < -0.3 is 31.5 Å². The number of rotatable bonds is 6. The van der Waals surface area contributed by atoms with Crippen molar-refractivity contribution in [2.75, 3.05) is 31.5 Å². The van der Waals surface area contributed by atoms with E-state index in [9.17, 15) is 14.0 Å². The third-order valence-electron chi connectivity index (χ3n) is 8.33. The van der Waals surface area contributed by atoms with Crippen LogP contribution in [0.4, 0.5) is 10.2 Å². The van der Waals surface area contributed by atoms with Gasteiger partial charge in [0.15, 0.2) is 18.5 Å². The van der Waals surface area contributed by atoms with Crippen LogP contribution in [0.2, 0.25) is 0 Å². The average Bonchev–Trinajstić information content (AvgIpc) is 3.12. The Kier molecular flexibility index (Phi) is 8.40. The van der Waals surface area contributed by atoms with Gasteiger partial charge in [0.25, 0.3) is 5.91 Å². The second-order valence-electron chi connectivity index (χ2n) is 10.6. The Hall–Kier alpha value is -2.39. The van der Waals surface area contributed by atoms with Gasteiger partial charge in [0.05, 0.1) is 24.7 Å². The van der Waals surface area contributed by atoms with E-state index in [4.69, 9.17) is 4.74 Å². The Morgan fingerprint density at radius 3 is 2.53 bits per heavy atom. The molecular formula is C27H34BrFN4O3. The van der Waals surface area contributed by atoms with Gasteiger partial charge in [0.1, 0.15) is 12.4 Å². The number of benzene rings is 1. The van der Waals surface area contributed by atoms with E-state index in [2.05, 4.69) is 15.3 Å². The Morgan fingerprint density at radius 1 is 1.11 bits per heavy atom. The third kappa shape index (κ3) is 5.62. The summed E-state index contributed by atoms with van der Waals surface area (Å²) in [6, 6.07) is 6.49. The topological polar surface area (TPSA) is 81.2 Å². The normalized spacial score (nSPS) is 26.8. The molecular weight excluding hydrogens is 527 g/mol. The van der Waals surface area contributed by atoms with Crippen LogP contribution in [0.15, 0.2) is 42.9 Å². The molecule has 0 spiro atoms. The Bertz CT molecular complexity index is 1050. The molecule has 3 aliphatic heterocycles. The van der Waals surface area contributed by atoms with E-state index in [1.807, 2.05) is 6.07 Å². The highest BCUT2D eigenvalue weighted by Gasteiger charge is 2.51. The van der Waals surface area contributed by atoms with Gasteiger partial charge in [-0.15, -0.1) is 0 Å². The Balaban J connectivity index is 0.00000304. The number of piperidine rings is 3. The quantitative estimate of drug-likeness (QED) is 0.324. The summed E-state index contributed by atoms with van der Waals surface area (Å²) in [4.78, 5) is 34.8. The number of nitrogens with zero attached hydrogens (tertiary/aromatic N) is 3. The molecule has 194 valence electrons. The summed E-state index contributed by atoms with van der Waals surface area (Å²) >= 11 is 0. The van der Waals surface area contributed by atoms with Gasteiger partial charge in [-0.25, -0.2) is 9.37 Å². The molecule has 1 aliphatic carbocycles. The summed E-state index contributed by atoms with van der Waals surface area (Å²) in [5, 5.41) is 2.84. The zero-order chi connectivity index (χ0) is 24.3. The predicted molar refractivity (Wildman–Crippen MR) is 129 cm³/mol. The molecule has 7 nitrogen and oxygen atoms in total. The summed E-state index contributed by atoms with van der Waals surface area (Å²) in [6.07, 6.45) is 11.7. The highest BCUT2D eigenvalue weighted by atomic mass is 79.9. The number of halogens is 2. The third-order valence-corrected chi connectivity index (χ3v) is 8.33. The second-order valence-corrected chi connectivity index (χ2v) is 10.6. The number of quaternary nitrogens is 1. The standard InChI is InChI=1S/C27H33FN4O3.BrH/c28-22-7-5-6-21(16-22)27(10-3-1-2-4-11-27)26(34)35-23-18-32(14-8-20(23)9-15-32)19-25(33)31-24-17-29-12-13-30-24;/h5-7,12-13,16-17,20,23H,1-4,8-11,14-15,18-19H2;1H/t20?,23-,32?;/m0./s1. The number of esters is 1. The molecule has 36 heavy (non-hydrogen) atoms. The van der Waals surface area contributed by atoms with Gasteiger partial charge in [0, 0.05) is 31.2 Å². The molecule has 2 bridgehead atoms. The SMILES string of the molecule is O=C(C[N+]12CCC(CC1)[C@@H](OC(=O)C1(c3cccc(F)c3)CCCCCC1)C2)Nc1cnccn1.[Br-]. The van der Waals surface area contributed by atoms with E-state index >= 15 is 0 Å². The van der Waals surface area contributed by atoms with Crippen LogP contribution in [-0.4, -0.2) is 58.6 Å². The van der Waals surface area contributed by atoms with Crippen LogP contribution in [-0.2, 0) is 19.7 Å². The van der Waals surface area contributed by atoms with E-state index < -0.39 is 5.41 Å². The van der Waals surface area contributed by atoms with Crippen molar-refractivity contribution < 1.29 is 40.2 Å². The summed E-state index contributed by atoms with van der Waals surface area (Å²) < 4.78 is 21.1. The van der Waals surface area contributed by atoms with Gasteiger partial charge in [0.2, 0.25) is 0 Å². The van der Waals surface area contributed by atoms with Crippen molar-refractivity contribution in [3.63, 3.8) is 0 Å². The highest BCUT2D eigenvalue weighted by Crippen LogP contribution is 2.42. The number of hydrogen-bond acceptors (Lipinski definition) is 5. The van der Waals surface area contributed by atoms with Crippen molar-refractivity contribution in [3.8, 4) is 0 Å². The molecule has 0 radical (unpaired) electrons. The number of carbonyl (C=O) groups excluding carboxylic acids is 2. The maximum atomic E-state index is 14.2. The van der Waals surface area contributed by atoms with Crippen LogP contribution < -0.4 is 22.3 Å². The van der Waals surface area contributed by atoms with Crippen LogP contribution in [0.5, 0.6) is 0 Å². The fourth-order valence-corrected chi connectivity index (χ4v) is 6.41. The maximum absolute atomic E-state index is 14.2. The molecule has 1 saturated carbocycles. The minimum absolute atomic E-state index is 0. The number of nitrogens with one attached hydrogen (secondary N) is 1. The molecule has 6 rings (SSSR count). The summed E-state index contributed by atoms with van der Waals surface area (Å²) in [5.41, 5.74) is -0.0587. The monoisotopic (exact) mass is 560 g/mol. The lowest BCUT2D eigenvalue weighted by Crippen LogP contribution is -3.00. The second kappa shape index (κ2) is 11.3. The minimum Gasteiger partial charge on any atom is -1.00 e. The predicted octanol–water partition coefficient (Wildman–Crippen LogP) is 1.00. The Morgan fingerprint density at radius 2 is 1.86 bits per heavy atom. The first-order chi connectivity index (χ1) is 17.0. The number of ether oxygens (including phenoxy) is 1. The van der Waals surface area contributed by atoms with Crippen molar-refractivity contribution in [1.82, 2.24) is 9.97 Å². The van der Waals surface area contributed by atoms with Crippen molar-refractivity contribution in [1.29, 1.82) is 0 Å². The maximum Gasteiger partial charge on any atom is 0.317 e. The average molecular weight is 561 g/mol. The van der Waals surface area contributed by atoms with Gasteiger partial charge in [-0.2, -0.15) is 0 Å². The van der Waals surface area contributed by atoms with Gasteiger partial charge in [-0.1, -0.05) is 37.8 Å². The molecule has 4 heterocycles. The van der Waals surface area contributed by atoms with Crippen LogP contribution in [0.25, 0.3) is 0 Å². The Labute approximate surface area is 222 Å². The van der Waals surface area contributed by atoms with Crippen molar-refractivity contribution in [2.45, 2.75) is 62.9 Å².